The van der Waals surface area contributed by atoms with Crippen LogP contribution in [0.1, 0.15) is 36.0 Å². The summed E-state index contributed by atoms with van der Waals surface area (Å²) in [4.78, 5) is 26.7. The van der Waals surface area contributed by atoms with E-state index in [-0.39, 0.29) is 18.2 Å². The number of halogens is 1. The Morgan fingerprint density at radius 1 is 1.11 bits per heavy atom. The summed E-state index contributed by atoms with van der Waals surface area (Å²) in [5.74, 6) is 0.163. The van der Waals surface area contributed by atoms with Crippen molar-refractivity contribution in [3.05, 3.63) is 64.2 Å². The summed E-state index contributed by atoms with van der Waals surface area (Å²) < 4.78 is 0. The number of aryl methyl sites for hydroxylation is 2. The van der Waals surface area contributed by atoms with Crippen molar-refractivity contribution in [3.8, 4) is 0 Å². The first-order valence-electron chi connectivity index (χ1n) is 9.80. The van der Waals surface area contributed by atoms with Gasteiger partial charge in [-0.05, 0) is 61.8 Å². The Bertz CT molecular complexity index is 820. The van der Waals surface area contributed by atoms with Gasteiger partial charge in [-0.15, -0.1) is 0 Å². The summed E-state index contributed by atoms with van der Waals surface area (Å²) in [6.07, 6.45) is 2.86. The second-order valence-corrected chi connectivity index (χ2v) is 8.08. The van der Waals surface area contributed by atoms with Gasteiger partial charge in [0.25, 0.3) is 0 Å². The zero-order valence-electron chi connectivity index (χ0n) is 16.5. The molecule has 0 aromatic heterocycles. The molecule has 1 aliphatic heterocycles. The van der Waals surface area contributed by atoms with Crippen molar-refractivity contribution >= 4 is 29.1 Å². The molecule has 0 spiro atoms. The van der Waals surface area contributed by atoms with Gasteiger partial charge in [-0.3, -0.25) is 9.59 Å². The Balaban J connectivity index is 1.48. The van der Waals surface area contributed by atoms with Crippen LogP contribution in [0.25, 0.3) is 0 Å². The minimum Gasteiger partial charge on any atom is -0.342 e. The smallest absolute Gasteiger partial charge is 0.233 e. The molecule has 1 saturated heterocycles. The number of likely N-dealkylation sites (tertiary alicyclic amines) is 1. The van der Waals surface area contributed by atoms with E-state index in [1.165, 1.54) is 5.56 Å². The normalized spacial score (nSPS) is 14.8. The maximum atomic E-state index is 12.5. The van der Waals surface area contributed by atoms with Crippen LogP contribution in [0.15, 0.2) is 42.5 Å². The van der Waals surface area contributed by atoms with E-state index < -0.39 is 0 Å². The van der Waals surface area contributed by atoms with E-state index in [0.29, 0.717) is 29.7 Å². The van der Waals surface area contributed by atoms with Crippen molar-refractivity contribution in [3.63, 3.8) is 0 Å². The molecule has 1 fully saturated rings. The first kappa shape index (κ1) is 20.4. The molecule has 1 aliphatic rings. The zero-order valence-corrected chi connectivity index (χ0v) is 17.3. The maximum Gasteiger partial charge on any atom is 0.233 e. The zero-order chi connectivity index (χ0) is 20.1. The van der Waals surface area contributed by atoms with Crippen LogP contribution >= 0.6 is 11.6 Å². The molecule has 0 saturated carbocycles. The quantitative estimate of drug-likeness (QED) is 0.737. The van der Waals surface area contributed by atoms with Crippen LogP contribution in [-0.4, -0.2) is 29.8 Å². The van der Waals surface area contributed by atoms with E-state index in [2.05, 4.69) is 29.6 Å². The van der Waals surface area contributed by atoms with Gasteiger partial charge in [0, 0.05) is 13.1 Å². The number of nitrogens with zero attached hydrogens (tertiary/aromatic N) is 1. The van der Waals surface area contributed by atoms with Crippen LogP contribution in [0, 0.1) is 19.8 Å². The van der Waals surface area contributed by atoms with Gasteiger partial charge < -0.3 is 10.2 Å². The highest BCUT2D eigenvalue weighted by atomic mass is 35.5. The van der Waals surface area contributed by atoms with E-state index in [0.717, 1.165) is 30.4 Å². The highest BCUT2D eigenvalue weighted by Crippen LogP contribution is 2.27. The van der Waals surface area contributed by atoms with E-state index in [4.69, 9.17) is 11.6 Å². The molecular formula is C23H27ClN2O2. The largest absolute Gasteiger partial charge is 0.342 e. The number of rotatable bonds is 5. The average molecular weight is 399 g/mol. The summed E-state index contributed by atoms with van der Waals surface area (Å²) in [7, 11) is 0. The van der Waals surface area contributed by atoms with Crippen molar-refractivity contribution in [2.75, 3.05) is 18.4 Å². The van der Waals surface area contributed by atoms with Crippen molar-refractivity contribution in [2.45, 2.75) is 39.5 Å². The Labute approximate surface area is 171 Å². The number of hydrogen-bond acceptors (Lipinski definition) is 2. The summed E-state index contributed by atoms with van der Waals surface area (Å²) in [5.41, 5.74) is 3.87. The lowest BCUT2D eigenvalue weighted by atomic mass is 9.90. The van der Waals surface area contributed by atoms with Gasteiger partial charge in [-0.25, -0.2) is 0 Å². The molecule has 0 bridgehead atoms. The van der Waals surface area contributed by atoms with Crippen molar-refractivity contribution in [1.82, 2.24) is 4.90 Å². The van der Waals surface area contributed by atoms with E-state index in [1.807, 2.05) is 36.9 Å². The molecule has 4 nitrogen and oxygen atoms in total. The lowest BCUT2D eigenvalue weighted by Crippen LogP contribution is -2.40. The number of nitrogens with one attached hydrogen (secondary N) is 1. The molecule has 0 aliphatic carbocycles. The summed E-state index contributed by atoms with van der Waals surface area (Å²) in [5, 5.41) is 3.30. The summed E-state index contributed by atoms with van der Waals surface area (Å²) in [6.45, 7) is 5.28. The minimum absolute atomic E-state index is 0.114. The molecule has 2 aromatic rings. The number of hydrogen-bond donors (Lipinski definition) is 1. The molecular weight excluding hydrogens is 372 g/mol. The Kier molecular flexibility index (Phi) is 6.74. The molecule has 148 valence electrons. The molecule has 0 unspecified atom stereocenters. The number of benzene rings is 2. The highest BCUT2D eigenvalue weighted by molar-refractivity contribution is 6.34. The number of carbonyl (C=O) groups is 2. The van der Waals surface area contributed by atoms with Crippen LogP contribution in [-0.2, 0) is 16.0 Å². The summed E-state index contributed by atoms with van der Waals surface area (Å²) in [6, 6.07) is 14.2. The number of carbonyl (C=O) groups excluding carboxylic acids is 2. The van der Waals surface area contributed by atoms with Gasteiger partial charge in [0.05, 0.1) is 10.7 Å². The SMILES string of the molecule is Cc1cc(C)c(NC(=O)CC(=O)N2CCC(Cc3ccccc3)CC2)c(Cl)c1. The number of amides is 2. The van der Waals surface area contributed by atoms with Crippen LogP contribution in [0.5, 0.6) is 0 Å². The fourth-order valence-electron chi connectivity index (χ4n) is 3.84. The maximum absolute atomic E-state index is 12.5. The third-order valence-corrected chi connectivity index (χ3v) is 5.64. The first-order chi connectivity index (χ1) is 13.4. The van der Waals surface area contributed by atoms with E-state index in [1.54, 1.807) is 0 Å². The second-order valence-electron chi connectivity index (χ2n) is 7.68. The molecule has 1 heterocycles. The lowest BCUT2D eigenvalue weighted by Gasteiger charge is -2.32. The Hall–Kier alpha value is -2.33. The van der Waals surface area contributed by atoms with Gasteiger partial charge in [0.15, 0.2) is 0 Å². The standard InChI is InChI=1S/C23H27ClN2O2/c1-16-12-17(2)23(20(24)13-16)25-21(27)15-22(28)26-10-8-19(9-11-26)14-18-6-4-3-5-7-18/h3-7,12-13,19H,8-11,14-15H2,1-2H3,(H,25,27). The summed E-state index contributed by atoms with van der Waals surface area (Å²) >= 11 is 6.24. The first-order valence-corrected chi connectivity index (χ1v) is 10.2. The monoisotopic (exact) mass is 398 g/mol. The van der Waals surface area contributed by atoms with Gasteiger partial charge in [0.2, 0.25) is 11.8 Å². The van der Waals surface area contributed by atoms with Gasteiger partial charge in [-0.1, -0.05) is 48.0 Å². The van der Waals surface area contributed by atoms with Crippen LogP contribution in [0.2, 0.25) is 5.02 Å². The molecule has 28 heavy (non-hydrogen) atoms. The third-order valence-electron chi connectivity index (χ3n) is 5.34. The number of anilines is 1. The predicted molar refractivity (Wildman–Crippen MR) is 114 cm³/mol. The van der Waals surface area contributed by atoms with Crippen molar-refractivity contribution in [1.29, 1.82) is 0 Å². The second kappa shape index (κ2) is 9.24. The van der Waals surface area contributed by atoms with Crippen LogP contribution in [0.4, 0.5) is 5.69 Å². The van der Waals surface area contributed by atoms with Crippen molar-refractivity contribution in [2.24, 2.45) is 5.92 Å². The molecule has 0 atom stereocenters. The fourth-order valence-corrected chi connectivity index (χ4v) is 4.21. The lowest BCUT2D eigenvalue weighted by molar-refractivity contribution is -0.135. The Morgan fingerprint density at radius 2 is 1.79 bits per heavy atom. The molecule has 2 amide bonds. The average Bonchev–Trinajstić information content (AvgIpc) is 2.66. The van der Waals surface area contributed by atoms with E-state index >= 15 is 0 Å². The molecule has 0 radical (unpaired) electrons. The third kappa shape index (κ3) is 5.35. The Morgan fingerprint density at radius 3 is 2.43 bits per heavy atom. The van der Waals surface area contributed by atoms with E-state index in [9.17, 15) is 9.59 Å². The molecule has 3 rings (SSSR count). The van der Waals surface area contributed by atoms with Gasteiger partial charge in [-0.2, -0.15) is 0 Å². The van der Waals surface area contributed by atoms with Gasteiger partial charge >= 0.3 is 0 Å². The highest BCUT2D eigenvalue weighted by Gasteiger charge is 2.24. The molecule has 2 aromatic carbocycles. The predicted octanol–water partition coefficient (Wildman–Crippen LogP) is 4.77. The van der Waals surface area contributed by atoms with Gasteiger partial charge in [0.1, 0.15) is 6.42 Å². The topological polar surface area (TPSA) is 49.4 Å². The minimum atomic E-state index is -0.315. The van der Waals surface area contributed by atoms with Crippen LogP contribution in [0.3, 0.4) is 0 Å². The molecule has 5 heteroatoms. The van der Waals surface area contributed by atoms with Crippen molar-refractivity contribution < 1.29 is 9.59 Å². The fraction of sp³-hybridized carbons (Fsp3) is 0.391. The van der Waals surface area contributed by atoms with Crippen LogP contribution < -0.4 is 5.32 Å². The number of piperidine rings is 1. The molecule has 1 N–H and O–H groups in total.